The Morgan fingerprint density at radius 2 is 1.93 bits per heavy atom. The molecule has 2 heterocycles. The van der Waals surface area contributed by atoms with Crippen LogP contribution >= 0.6 is 11.3 Å². The summed E-state index contributed by atoms with van der Waals surface area (Å²) in [5.41, 5.74) is -0.452. The minimum Gasteiger partial charge on any atom is -0.491 e. The molecule has 0 unspecified atom stereocenters. The molecule has 0 aliphatic carbocycles. The highest BCUT2D eigenvalue weighted by Crippen LogP contribution is 2.26. The second-order valence-corrected chi connectivity index (χ2v) is 8.26. The van der Waals surface area contributed by atoms with E-state index in [-0.39, 0.29) is 17.9 Å². The molecule has 0 N–H and O–H groups in total. The first-order valence-corrected chi connectivity index (χ1v) is 9.63. The minimum atomic E-state index is -0.688. The van der Waals surface area contributed by atoms with Crippen LogP contribution in [-0.2, 0) is 4.74 Å². The molecule has 6 nitrogen and oxygen atoms in total. The van der Waals surface area contributed by atoms with Crippen molar-refractivity contribution in [3.05, 3.63) is 50.6 Å². The molecule has 0 spiro atoms. The number of aromatic nitrogens is 2. The molecular formula is C20H21FN2O4S. The number of nitrogens with zero attached hydrogens (tertiary/aromatic N) is 2. The molecule has 0 aliphatic rings. The number of fused-ring (bicyclic) bond motifs is 1. The lowest BCUT2D eigenvalue weighted by molar-refractivity contribution is 0.00634. The van der Waals surface area contributed by atoms with Gasteiger partial charge in [-0.1, -0.05) is 0 Å². The maximum Gasteiger partial charge on any atom is 0.360 e. The Kier molecular flexibility index (Phi) is 5.51. The third-order valence-corrected chi connectivity index (χ3v) is 4.77. The van der Waals surface area contributed by atoms with Gasteiger partial charge in [-0.3, -0.25) is 4.79 Å². The van der Waals surface area contributed by atoms with Gasteiger partial charge in [0.15, 0.2) is 5.69 Å². The summed E-state index contributed by atoms with van der Waals surface area (Å²) in [6.07, 6.45) is 0. The highest BCUT2D eigenvalue weighted by molar-refractivity contribution is 7.11. The number of benzene rings is 1. The van der Waals surface area contributed by atoms with Gasteiger partial charge in [0.25, 0.3) is 5.56 Å². The molecule has 8 heteroatoms. The fourth-order valence-electron chi connectivity index (χ4n) is 2.69. The molecule has 0 saturated heterocycles. The van der Waals surface area contributed by atoms with Crippen LogP contribution in [0.5, 0.6) is 5.75 Å². The molecule has 3 aromatic rings. The quantitative estimate of drug-likeness (QED) is 0.601. The molecule has 28 heavy (non-hydrogen) atoms. The van der Waals surface area contributed by atoms with E-state index in [4.69, 9.17) is 9.47 Å². The van der Waals surface area contributed by atoms with E-state index in [0.29, 0.717) is 22.2 Å². The Labute approximate surface area is 165 Å². The fourth-order valence-corrected chi connectivity index (χ4v) is 3.53. The number of esters is 1. The van der Waals surface area contributed by atoms with Gasteiger partial charge in [-0.25, -0.2) is 9.18 Å². The Hall–Kier alpha value is -2.74. The van der Waals surface area contributed by atoms with E-state index in [1.807, 2.05) is 6.92 Å². The number of ether oxygens (including phenoxy) is 2. The third-order valence-electron chi connectivity index (χ3n) is 3.86. The molecule has 1 aromatic carbocycles. The van der Waals surface area contributed by atoms with Crippen LogP contribution in [0, 0.1) is 6.92 Å². The van der Waals surface area contributed by atoms with Crippen molar-refractivity contribution in [3.63, 3.8) is 0 Å². The summed E-state index contributed by atoms with van der Waals surface area (Å²) in [6.45, 7) is 6.51. The molecule has 0 bridgehead atoms. The van der Waals surface area contributed by atoms with Crippen LogP contribution in [-0.4, -0.2) is 34.6 Å². The van der Waals surface area contributed by atoms with Crippen LogP contribution in [0.25, 0.3) is 16.5 Å². The van der Waals surface area contributed by atoms with Crippen molar-refractivity contribution >= 4 is 28.1 Å². The van der Waals surface area contributed by atoms with Gasteiger partial charge in [-0.2, -0.15) is 9.78 Å². The Morgan fingerprint density at radius 1 is 1.25 bits per heavy atom. The van der Waals surface area contributed by atoms with Crippen molar-refractivity contribution in [2.75, 3.05) is 13.3 Å². The largest absolute Gasteiger partial charge is 0.491 e. The monoisotopic (exact) mass is 403 g/mol. The number of carbonyl (C=O) groups excluding carboxylic acids is 1. The van der Waals surface area contributed by atoms with Gasteiger partial charge in [-0.15, -0.1) is 11.3 Å². The Bertz CT molecular complexity index is 1060. The predicted molar refractivity (Wildman–Crippen MR) is 107 cm³/mol. The second-order valence-electron chi connectivity index (χ2n) is 7.18. The number of hydrogen-bond donors (Lipinski definition) is 0. The third kappa shape index (κ3) is 4.06. The van der Waals surface area contributed by atoms with Crippen molar-refractivity contribution in [3.8, 4) is 11.4 Å². The van der Waals surface area contributed by atoms with Gasteiger partial charge in [0.05, 0.1) is 11.1 Å². The van der Waals surface area contributed by atoms with Crippen LogP contribution in [0.1, 0.15) is 36.1 Å². The molecule has 2 aromatic heterocycles. The Morgan fingerprint density at radius 3 is 2.54 bits per heavy atom. The number of thiophene rings is 1. The zero-order valence-electron chi connectivity index (χ0n) is 16.1. The van der Waals surface area contributed by atoms with E-state index >= 15 is 0 Å². The van der Waals surface area contributed by atoms with Gasteiger partial charge in [0.2, 0.25) is 0 Å². The summed E-state index contributed by atoms with van der Waals surface area (Å²) in [7, 11) is 0. The first kappa shape index (κ1) is 20.0. The zero-order chi connectivity index (χ0) is 20.5. The molecule has 0 atom stereocenters. The van der Waals surface area contributed by atoms with Gasteiger partial charge in [0, 0.05) is 15.6 Å². The van der Waals surface area contributed by atoms with Crippen LogP contribution in [0.4, 0.5) is 4.39 Å². The molecule has 3 rings (SSSR count). The summed E-state index contributed by atoms with van der Waals surface area (Å²) in [6, 6.07) is 6.51. The Balaban J connectivity index is 2.13. The van der Waals surface area contributed by atoms with Crippen molar-refractivity contribution in [1.82, 2.24) is 9.78 Å². The summed E-state index contributed by atoms with van der Waals surface area (Å²) in [5, 5.41) is 6.97. The first-order chi connectivity index (χ1) is 13.2. The van der Waals surface area contributed by atoms with Gasteiger partial charge in [-0.05, 0) is 52.0 Å². The van der Waals surface area contributed by atoms with Crippen molar-refractivity contribution in [2.45, 2.75) is 33.3 Å². The summed E-state index contributed by atoms with van der Waals surface area (Å²) in [5.74, 6) is -0.110. The van der Waals surface area contributed by atoms with Gasteiger partial charge in [0.1, 0.15) is 24.6 Å². The number of hydrogen-bond acceptors (Lipinski definition) is 6. The molecule has 0 amide bonds. The standard InChI is InChI=1S/C20H21FN2O4S/c1-12-16-15(11-28-12)17(19(25)27-20(2,3)4)22-23(18(16)24)13-5-7-14(8-6-13)26-10-9-21/h5-8,11H,9-10H2,1-4H3/i21-1. The maximum absolute atomic E-state index is 13.0. The highest BCUT2D eigenvalue weighted by atomic mass is 32.1. The number of halogens is 1. The lowest BCUT2D eigenvalue weighted by Gasteiger charge is -2.19. The van der Waals surface area contributed by atoms with Crippen LogP contribution in [0.3, 0.4) is 0 Å². The fraction of sp³-hybridized carbons (Fsp3) is 0.350. The lowest BCUT2D eigenvalue weighted by Crippen LogP contribution is -2.28. The highest BCUT2D eigenvalue weighted by Gasteiger charge is 2.25. The SMILES string of the molecule is Cc1scc2c(C(=O)OC(C)(C)C)nn(-c3ccc(OCC[18F])cc3)c(=O)c12. The molecule has 0 radical (unpaired) electrons. The first-order valence-electron chi connectivity index (χ1n) is 8.75. The van der Waals surface area contributed by atoms with Crippen molar-refractivity contribution in [2.24, 2.45) is 0 Å². The van der Waals surface area contributed by atoms with Crippen LogP contribution in [0.2, 0.25) is 0 Å². The molecular weight excluding hydrogens is 382 g/mol. The molecule has 0 fully saturated rings. The maximum atomic E-state index is 13.0. The molecule has 0 saturated carbocycles. The van der Waals surface area contributed by atoms with E-state index in [2.05, 4.69) is 5.10 Å². The zero-order valence-corrected chi connectivity index (χ0v) is 16.9. The normalized spacial score (nSPS) is 11.6. The lowest BCUT2D eigenvalue weighted by atomic mass is 10.1. The number of alkyl halides is 1. The number of carbonyl (C=O) groups is 1. The smallest absolute Gasteiger partial charge is 0.360 e. The van der Waals surface area contributed by atoms with E-state index in [9.17, 15) is 14.0 Å². The van der Waals surface area contributed by atoms with E-state index in [1.54, 1.807) is 50.4 Å². The van der Waals surface area contributed by atoms with Crippen molar-refractivity contribution < 1.29 is 18.7 Å². The second kappa shape index (κ2) is 7.71. The van der Waals surface area contributed by atoms with Crippen LogP contribution < -0.4 is 10.3 Å². The average Bonchev–Trinajstić information content (AvgIpc) is 3.01. The van der Waals surface area contributed by atoms with E-state index in [1.165, 1.54) is 16.0 Å². The number of aryl methyl sites for hydroxylation is 1. The van der Waals surface area contributed by atoms with Gasteiger partial charge >= 0.3 is 5.97 Å². The predicted octanol–water partition coefficient (Wildman–Crippen LogP) is 4.06. The summed E-state index contributed by atoms with van der Waals surface area (Å²) >= 11 is 1.38. The summed E-state index contributed by atoms with van der Waals surface area (Å²) in [4.78, 5) is 26.5. The van der Waals surface area contributed by atoms with E-state index in [0.717, 1.165) is 4.88 Å². The van der Waals surface area contributed by atoms with Gasteiger partial charge < -0.3 is 9.47 Å². The van der Waals surface area contributed by atoms with E-state index < -0.39 is 18.2 Å². The van der Waals surface area contributed by atoms with Crippen molar-refractivity contribution in [1.29, 1.82) is 0 Å². The topological polar surface area (TPSA) is 70.4 Å². The molecule has 148 valence electrons. The number of rotatable bonds is 5. The minimum absolute atomic E-state index is 0.0413. The average molecular weight is 403 g/mol. The van der Waals surface area contributed by atoms with Crippen LogP contribution in [0.15, 0.2) is 34.4 Å². The molecule has 0 aliphatic heterocycles. The summed E-state index contributed by atoms with van der Waals surface area (Å²) < 4.78 is 24.1.